The molecule has 3 atom stereocenters. The third-order valence-electron chi connectivity index (χ3n) is 4.99. The van der Waals surface area contributed by atoms with E-state index in [0.717, 1.165) is 19.1 Å². The molecule has 0 amide bonds. The summed E-state index contributed by atoms with van der Waals surface area (Å²) in [7, 11) is 2.01. The van der Waals surface area contributed by atoms with Crippen molar-refractivity contribution in [3.8, 4) is 0 Å². The zero-order valence-electron chi connectivity index (χ0n) is 12.3. The second kappa shape index (κ2) is 6.53. The van der Waals surface area contributed by atoms with Gasteiger partial charge in [-0.05, 0) is 58.8 Å². The van der Waals surface area contributed by atoms with Crippen molar-refractivity contribution in [1.82, 2.24) is 15.1 Å². The molecule has 3 unspecified atom stereocenters. The summed E-state index contributed by atoms with van der Waals surface area (Å²) in [6.07, 6.45) is 7.60. The number of likely N-dealkylation sites (tertiary alicyclic amines) is 2. The van der Waals surface area contributed by atoms with Crippen molar-refractivity contribution in [1.29, 1.82) is 0 Å². The van der Waals surface area contributed by atoms with Crippen molar-refractivity contribution in [3.63, 3.8) is 0 Å². The normalized spacial score (nSPS) is 37.4. The third kappa shape index (κ3) is 3.48. The fourth-order valence-corrected chi connectivity index (χ4v) is 3.96. The second-order valence-corrected chi connectivity index (χ2v) is 6.46. The van der Waals surface area contributed by atoms with E-state index >= 15 is 0 Å². The highest BCUT2D eigenvalue weighted by molar-refractivity contribution is 4.87. The van der Waals surface area contributed by atoms with Gasteiger partial charge in [0.2, 0.25) is 0 Å². The van der Waals surface area contributed by atoms with Gasteiger partial charge >= 0.3 is 0 Å². The molecular formula is C15H29N3O. The fourth-order valence-electron chi connectivity index (χ4n) is 3.96. The van der Waals surface area contributed by atoms with Crippen LogP contribution in [0.3, 0.4) is 0 Å². The number of nitrogens with one attached hydrogen (secondary N) is 1. The van der Waals surface area contributed by atoms with Gasteiger partial charge in [0.15, 0.2) is 0 Å². The van der Waals surface area contributed by atoms with Gasteiger partial charge in [0.1, 0.15) is 0 Å². The van der Waals surface area contributed by atoms with Crippen LogP contribution in [0.4, 0.5) is 0 Å². The Balaban J connectivity index is 1.39. The lowest BCUT2D eigenvalue weighted by atomic mass is 10.2. The lowest BCUT2D eigenvalue weighted by molar-refractivity contribution is 0.0272. The Labute approximate surface area is 117 Å². The summed E-state index contributed by atoms with van der Waals surface area (Å²) in [5.74, 6) is 0. The molecule has 3 saturated heterocycles. The zero-order chi connectivity index (χ0) is 13.1. The van der Waals surface area contributed by atoms with Crippen molar-refractivity contribution in [3.05, 3.63) is 0 Å². The second-order valence-electron chi connectivity index (χ2n) is 6.46. The van der Waals surface area contributed by atoms with Crippen LogP contribution in [-0.2, 0) is 4.74 Å². The summed E-state index contributed by atoms with van der Waals surface area (Å²) in [6.45, 7) is 7.39. The smallest absolute Gasteiger partial charge is 0.0707 e. The molecule has 0 saturated carbocycles. The SMILES string of the molecule is CNCC1CCC(CN2CCC(N3CCCC3)C2)O1. The van der Waals surface area contributed by atoms with Crippen LogP contribution in [0, 0.1) is 0 Å². The molecule has 3 aliphatic heterocycles. The van der Waals surface area contributed by atoms with E-state index < -0.39 is 0 Å². The molecule has 0 spiro atoms. The first kappa shape index (κ1) is 13.8. The first-order valence-electron chi connectivity index (χ1n) is 8.11. The van der Waals surface area contributed by atoms with E-state index in [1.165, 1.54) is 58.3 Å². The van der Waals surface area contributed by atoms with Gasteiger partial charge in [-0.2, -0.15) is 0 Å². The Morgan fingerprint density at radius 3 is 2.63 bits per heavy atom. The maximum Gasteiger partial charge on any atom is 0.0707 e. The summed E-state index contributed by atoms with van der Waals surface area (Å²) in [4.78, 5) is 5.34. The maximum atomic E-state index is 6.11. The first-order valence-corrected chi connectivity index (χ1v) is 8.11. The summed E-state index contributed by atoms with van der Waals surface area (Å²) >= 11 is 0. The topological polar surface area (TPSA) is 27.7 Å². The van der Waals surface area contributed by atoms with Crippen LogP contribution < -0.4 is 5.32 Å². The van der Waals surface area contributed by atoms with Crippen LogP contribution in [-0.4, -0.2) is 74.4 Å². The number of nitrogens with zero attached hydrogens (tertiary/aromatic N) is 2. The summed E-state index contributed by atoms with van der Waals surface area (Å²) in [5.41, 5.74) is 0. The molecule has 110 valence electrons. The first-order chi connectivity index (χ1) is 9.35. The van der Waals surface area contributed by atoms with E-state index in [0.29, 0.717) is 12.2 Å². The van der Waals surface area contributed by atoms with E-state index in [-0.39, 0.29) is 0 Å². The minimum absolute atomic E-state index is 0.451. The molecule has 1 N–H and O–H groups in total. The average molecular weight is 267 g/mol. The number of hydrogen-bond donors (Lipinski definition) is 1. The van der Waals surface area contributed by atoms with E-state index in [1.807, 2.05) is 7.05 Å². The van der Waals surface area contributed by atoms with E-state index in [1.54, 1.807) is 0 Å². The molecule has 0 aromatic heterocycles. The number of ether oxygens (including phenoxy) is 1. The Bertz CT molecular complexity index is 281. The summed E-state index contributed by atoms with van der Waals surface area (Å²) in [5, 5.41) is 3.22. The predicted octanol–water partition coefficient (Wildman–Crippen LogP) is 0.923. The summed E-state index contributed by atoms with van der Waals surface area (Å²) < 4.78 is 6.11. The highest BCUT2D eigenvalue weighted by atomic mass is 16.5. The molecule has 3 heterocycles. The van der Waals surface area contributed by atoms with Gasteiger partial charge in [-0.1, -0.05) is 0 Å². The molecule has 0 radical (unpaired) electrons. The lowest BCUT2D eigenvalue weighted by Crippen LogP contribution is -2.37. The number of likely N-dealkylation sites (N-methyl/N-ethyl adjacent to an activating group) is 1. The Kier molecular flexibility index (Phi) is 4.74. The van der Waals surface area contributed by atoms with Crippen LogP contribution in [0.15, 0.2) is 0 Å². The minimum atomic E-state index is 0.451. The van der Waals surface area contributed by atoms with Gasteiger partial charge in [0.05, 0.1) is 12.2 Å². The van der Waals surface area contributed by atoms with Crippen LogP contribution >= 0.6 is 0 Å². The van der Waals surface area contributed by atoms with Crippen LogP contribution in [0.1, 0.15) is 32.1 Å². The van der Waals surface area contributed by atoms with Crippen LogP contribution in [0.5, 0.6) is 0 Å². The van der Waals surface area contributed by atoms with Crippen molar-refractivity contribution in [2.45, 2.75) is 50.4 Å². The van der Waals surface area contributed by atoms with Crippen molar-refractivity contribution < 1.29 is 4.74 Å². The number of rotatable bonds is 5. The van der Waals surface area contributed by atoms with Crippen molar-refractivity contribution in [2.75, 3.05) is 46.3 Å². The third-order valence-corrected chi connectivity index (χ3v) is 4.99. The Hall–Kier alpha value is -0.160. The molecule has 3 aliphatic rings. The molecule has 0 aromatic carbocycles. The molecule has 3 fully saturated rings. The standard InChI is InChI=1S/C15H29N3O/c1-16-10-14-4-5-15(19-14)12-17-9-6-13(11-17)18-7-2-3-8-18/h13-16H,2-12H2,1H3. The summed E-state index contributed by atoms with van der Waals surface area (Å²) in [6, 6.07) is 0.831. The quantitative estimate of drug-likeness (QED) is 0.802. The van der Waals surface area contributed by atoms with Gasteiger partial charge in [-0.15, -0.1) is 0 Å². The average Bonchev–Trinajstić information content (AvgIpc) is 3.10. The fraction of sp³-hybridized carbons (Fsp3) is 1.00. The molecule has 0 aromatic rings. The molecule has 3 rings (SSSR count). The Morgan fingerprint density at radius 2 is 1.84 bits per heavy atom. The van der Waals surface area contributed by atoms with Crippen molar-refractivity contribution in [2.24, 2.45) is 0 Å². The van der Waals surface area contributed by atoms with E-state index in [4.69, 9.17) is 4.74 Å². The van der Waals surface area contributed by atoms with Crippen LogP contribution in [0.2, 0.25) is 0 Å². The Morgan fingerprint density at radius 1 is 1.05 bits per heavy atom. The maximum absolute atomic E-state index is 6.11. The van der Waals surface area contributed by atoms with Crippen molar-refractivity contribution >= 4 is 0 Å². The van der Waals surface area contributed by atoms with Crippen LogP contribution in [0.25, 0.3) is 0 Å². The monoisotopic (exact) mass is 267 g/mol. The highest BCUT2D eigenvalue weighted by Gasteiger charge is 2.32. The molecule has 4 nitrogen and oxygen atoms in total. The molecular weight excluding hydrogens is 238 g/mol. The number of hydrogen-bond acceptors (Lipinski definition) is 4. The molecule has 0 bridgehead atoms. The van der Waals surface area contributed by atoms with Gasteiger partial charge in [0.25, 0.3) is 0 Å². The van der Waals surface area contributed by atoms with Gasteiger partial charge < -0.3 is 10.1 Å². The van der Waals surface area contributed by atoms with Gasteiger partial charge in [-0.3, -0.25) is 9.80 Å². The van der Waals surface area contributed by atoms with E-state index in [2.05, 4.69) is 15.1 Å². The predicted molar refractivity (Wildman–Crippen MR) is 77.5 cm³/mol. The molecule has 19 heavy (non-hydrogen) atoms. The van der Waals surface area contributed by atoms with Gasteiger partial charge in [-0.25, -0.2) is 0 Å². The zero-order valence-corrected chi connectivity index (χ0v) is 12.3. The van der Waals surface area contributed by atoms with Gasteiger partial charge in [0, 0.05) is 25.7 Å². The lowest BCUT2D eigenvalue weighted by Gasteiger charge is -2.25. The largest absolute Gasteiger partial charge is 0.372 e. The molecule has 4 heteroatoms. The van der Waals surface area contributed by atoms with E-state index in [9.17, 15) is 0 Å². The minimum Gasteiger partial charge on any atom is -0.372 e. The highest BCUT2D eigenvalue weighted by Crippen LogP contribution is 2.24. The molecule has 0 aliphatic carbocycles.